The van der Waals surface area contributed by atoms with E-state index in [-0.39, 0.29) is 6.17 Å². The van der Waals surface area contributed by atoms with Crippen molar-refractivity contribution in [1.29, 1.82) is 0 Å². The zero-order valence-electron chi connectivity index (χ0n) is 12.2. The quantitative estimate of drug-likeness (QED) is 0.540. The molecular formula is C17H11Cl2N3S2. The van der Waals surface area contributed by atoms with Gasteiger partial charge in [0.05, 0.1) is 0 Å². The first-order valence-corrected chi connectivity index (χ1v) is 9.18. The number of nitrogens with zero attached hydrogens (tertiary/aromatic N) is 2. The van der Waals surface area contributed by atoms with Crippen molar-refractivity contribution >= 4 is 57.7 Å². The minimum Gasteiger partial charge on any atom is -0.345 e. The third-order valence-electron chi connectivity index (χ3n) is 3.71. The molecule has 1 atom stereocenters. The summed E-state index contributed by atoms with van der Waals surface area (Å²) in [5.74, 6) is 0.871. The highest BCUT2D eigenvalue weighted by Gasteiger charge is 2.26. The number of aromatic nitrogens is 1. The highest BCUT2D eigenvalue weighted by molar-refractivity contribution is 7.73. The van der Waals surface area contributed by atoms with Gasteiger partial charge in [0.25, 0.3) is 0 Å². The molecule has 2 heterocycles. The molecule has 0 bridgehead atoms. The van der Waals surface area contributed by atoms with Crippen molar-refractivity contribution in [2.45, 2.75) is 6.17 Å². The number of aliphatic imine (C=N–C) groups is 1. The largest absolute Gasteiger partial charge is 0.345 e. The Bertz CT molecular complexity index is 975. The molecule has 4 rings (SSSR count). The number of para-hydroxylation sites is 1. The van der Waals surface area contributed by atoms with Crippen molar-refractivity contribution in [2.24, 2.45) is 4.99 Å². The predicted octanol–water partition coefficient (Wildman–Crippen LogP) is 6.03. The number of nitrogens with one attached hydrogen (secondary N) is 1. The normalized spacial score (nSPS) is 16.2. The van der Waals surface area contributed by atoms with E-state index in [9.17, 15) is 0 Å². The number of rotatable bonds is 2. The molecule has 0 saturated heterocycles. The van der Waals surface area contributed by atoms with Gasteiger partial charge in [0.15, 0.2) is 3.95 Å². The van der Waals surface area contributed by atoms with Crippen molar-refractivity contribution in [3.05, 3.63) is 74.0 Å². The highest BCUT2D eigenvalue weighted by atomic mass is 35.5. The summed E-state index contributed by atoms with van der Waals surface area (Å²) >= 11 is 19.4. The Kier molecular flexibility index (Phi) is 4.18. The summed E-state index contributed by atoms with van der Waals surface area (Å²) in [6, 6.07) is 17.5. The Morgan fingerprint density at radius 3 is 2.46 bits per heavy atom. The van der Waals surface area contributed by atoms with Crippen LogP contribution in [0.1, 0.15) is 16.6 Å². The number of thiazole rings is 1. The second kappa shape index (κ2) is 6.33. The molecule has 0 radical (unpaired) electrons. The standard InChI is InChI=1S/C17H11Cl2N3S2/c18-11-8-6-10(7-9-11)15-20-14(19)13-16(21-15)22(17(23)24-13)12-4-2-1-3-5-12/h1-9,15,21H. The summed E-state index contributed by atoms with van der Waals surface area (Å²) in [4.78, 5) is 5.41. The van der Waals surface area contributed by atoms with Crippen molar-refractivity contribution < 1.29 is 0 Å². The number of anilines is 1. The molecule has 0 amide bonds. The van der Waals surface area contributed by atoms with Crippen LogP contribution in [-0.4, -0.2) is 9.74 Å². The molecule has 1 aliphatic rings. The van der Waals surface area contributed by atoms with Crippen LogP contribution in [0.2, 0.25) is 5.02 Å². The Balaban J connectivity index is 1.82. The number of hydrogen-bond acceptors (Lipinski definition) is 4. The minimum atomic E-state index is -0.277. The van der Waals surface area contributed by atoms with Gasteiger partial charge in [-0.1, -0.05) is 64.9 Å². The van der Waals surface area contributed by atoms with Crippen LogP contribution in [0.5, 0.6) is 0 Å². The number of fused-ring (bicyclic) bond motifs is 1. The van der Waals surface area contributed by atoms with Gasteiger partial charge in [-0.2, -0.15) is 0 Å². The fourth-order valence-electron chi connectivity index (χ4n) is 2.59. The number of benzene rings is 2. The molecule has 0 fully saturated rings. The van der Waals surface area contributed by atoms with Gasteiger partial charge in [0, 0.05) is 10.7 Å². The second-order valence-corrected chi connectivity index (χ2v) is 7.67. The van der Waals surface area contributed by atoms with Gasteiger partial charge in [-0.3, -0.25) is 4.57 Å². The van der Waals surface area contributed by atoms with Gasteiger partial charge in [0.1, 0.15) is 22.0 Å². The molecule has 120 valence electrons. The molecule has 1 aliphatic heterocycles. The van der Waals surface area contributed by atoms with Crippen LogP contribution in [0.3, 0.4) is 0 Å². The van der Waals surface area contributed by atoms with Crippen LogP contribution in [0.15, 0.2) is 59.6 Å². The Labute approximate surface area is 158 Å². The summed E-state index contributed by atoms with van der Waals surface area (Å²) in [6.07, 6.45) is -0.277. The van der Waals surface area contributed by atoms with Crippen molar-refractivity contribution in [2.75, 3.05) is 5.32 Å². The van der Waals surface area contributed by atoms with E-state index in [4.69, 9.17) is 35.4 Å². The average Bonchev–Trinajstić information content (AvgIpc) is 2.93. The smallest absolute Gasteiger partial charge is 0.168 e. The first-order valence-electron chi connectivity index (χ1n) is 7.20. The van der Waals surface area contributed by atoms with Crippen LogP contribution in [0.25, 0.3) is 5.69 Å². The Hall–Kier alpha value is -1.66. The van der Waals surface area contributed by atoms with E-state index in [1.54, 1.807) is 0 Å². The molecule has 1 unspecified atom stereocenters. The molecule has 0 saturated carbocycles. The molecule has 24 heavy (non-hydrogen) atoms. The van der Waals surface area contributed by atoms with Gasteiger partial charge in [-0.25, -0.2) is 4.99 Å². The first kappa shape index (κ1) is 15.8. The lowest BCUT2D eigenvalue weighted by atomic mass is 10.1. The van der Waals surface area contributed by atoms with Crippen LogP contribution in [-0.2, 0) is 0 Å². The van der Waals surface area contributed by atoms with E-state index < -0.39 is 0 Å². The Morgan fingerprint density at radius 2 is 1.75 bits per heavy atom. The minimum absolute atomic E-state index is 0.277. The van der Waals surface area contributed by atoms with E-state index in [0.717, 1.165) is 25.9 Å². The first-order chi connectivity index (χ1) is 11.6. The van der Waals surface area contributed by atoms with Crippen LogP contribution >= 0.6 is 46.8 Å². The fraction of sp³-hybridized carbons (Fsp3) is 0.0588. The summed E-state index contributed by atoms with van der Waals surface area (Å²) in [7, 11) is 0. The maximum atomic E-state index is 6.43. The lowest BCUT2D eigenvalue weighted by Crippen LogP contribution is -2.18. The van der Waals surface area contributed by atoms with E-state index in [2.05, 4.69) is 10.3 Å². The molecule has 3 nitrogen and oxygen atoms in total. The molecule has 2 aromatic carbocycles. The van der Waals surface area contributed by atoms with Gasteiger partial charge < -0.3 is 5.32 Å². The predicted molar refractivity (Wildman–Crippen MR) is 105 cm³/mol. The number of halogens is 2. The maximum absolute atomic E-state index is 6.43. The monoisotopic (exact) mass is 391 g/mol. The van der Waals surface area contributed by atoms with Gasteiger partial charge in [-0.15, -0.1) is 0 Å². The van der Waals surface area contributed by atoms with Crippen LogP contribution < -0.4 is 5.32 Å². The van der Waals surface area contributed by atoms with Crippen LogP contribution in [0, 0.1) is 3.95 Å². The molecule has 3 aromatic rings. The summed E-state index contributed by atoms with van der Waals surface area (Å²) in [6.45, 7) is 0. The fourth-order valence-corrected chi connectivity index (χ4v) is 4.31. The zero-order chi connectivity index (χ0) is 16.7. The van der Waals surface area contributed by atoms with E-state index >= 15 is 0 Å². The van der Waals surface area contributed by atoms with E-state index in [1.807, 2.05) is 59.2 Å². The molecular weight excluding hydrogens is 381 g/mol. The van der Waals surface area contributed by atoms with Gasteiger partial charge >= 0.3 is 0 Å². The molecule has 1 N–H and O–H groups in total. The van der Waals surface area contributed by atoms with Gasteiger partial charge in [-0.05, 0) is 42.0 Å². The number of hydrogen-bond donors (Lipinski definition) is 1. The maximum Gasteiger partial charge on any atom is 0.168 e. The average molecular weight is 392 g/mol. The summed E-state index contributed by atoms with van der Waals surface area (Å²) in [5.41, 5.74) is 1.98. The zero-order valence-corrected chi connectivity index (χ0v) is 15.4. The summed E-state index contributed by atoms with van der Waals surface area (Å²) in [5, 5.41) is 4.60. The SMILES string of the molecule is S=c1sc2c(n1-c1ccccc1)NC(c1ccc(Cl)cc1)N=C2Cl. The molecule has 7 heteroatoms. The van der Waals surface area contributed by atoms with Crippen molar-refractivity contribution in [1.82, 2.24) is 4.57 Å². The third kappa shape index (κ3) is 2.78. The van der Waals surface area contributed by atoms with E-state index in [0.29, 0.717) is 10.2 Å². The van der Waals surface area contributed by atoms with Crippen molar-refractivity contribution in [3.63, 3.8) is 0 Å². The lowest BCUT2D eigenvalue weighted by molar-refractivity contribution is 0.814. The topological polar surface area (TPSA) is 29.3 Å². The van der Waals surface area contributed by atoms with Crippen molar-refractivity contribution in [3.8, 4) is 5.69 Å². The Morgan fingerprint density at radius 1 is 1.04 bits per heavy atom. The van der Waals surface area contributed by atoms with E-state index in [1.165, 1.54) is 11.3 Å². The van der Waals surface area contributed by atoms with Crippen LogP contribution in [0.4, 0.5) is 5.82 Å². The summed E-state index contributed by atoms with van der Waals surface area (Å²) < 4.78 is 2.72. The second-order valence-electron chi connectivity index (χ2n) is 5.23. The highest BCUT2D eigenvalue weighted by Crippen LogP contribution is 2.37. The molecule has 0 spiro atoms. The van der Waals surface area contributed by atoms with Gasteiger partial charge in [0.2, 0.25) is 0 Å². The molecule has 0 aliphatic carbocycles. The lowest BCUT2D eigenvalue weighted by Gasteiger charge is -2.23. The third-order valence-corrected chi connectivity index (χ3v) is 5.75. The molecule has 1 aromatic heterocycles.